The van der Waals surface area contributed by atoms with E-state index >= 15 is 0 Å². The number of hydrogen-bond acceptors (Lipinski definition) is 2. The maximum absolute atomic E-state index is 10.8. The van der Waals surface area contributed by atoms with Gasteiger partial charge in [-0.05, 0) is 24.8 Å². The number of ether oxygens (including phenoxy) is 1. The summed E-state index contributed by atoms with van der Waals surface area (Å²) in [4.78, 5) is 10.8. The number of rotatable bonds is 4. The molecule has 88 valence electrons. The fourth-order valence-corrected chi connectivity index (χ4v) is 2.25. The molecule has 0 spiro atoms. The third kappa shape index (κ3) is 3.60. The molecule has 1 aromatic rings. The van der Waals surface area contributed by atoms with Crippen LogP contribution in [0.15, 0.2) is 30.3 Å². The van der Waals surface area contributed by atoms with Crippen LogP contribution >= 0.6 is 0 Å². The highest BCUT2D eigenvalue weighted by molar-refractivity contribution is 6.57. The van der Waals surface area contributed by atoms with Gasteiger partial charge in [0.15, 0.2) is 5.81 Å². The van der Waals surface area contributed by atoms with Gasteiger partial charge in [0, 0.05) is 0 Å². The van der Waals surface area contributed by atoms with E-state index in [1.807, 2.05) is 30.3 Å². The Labute approximate surface area is 103 Å². The van der Waals surface area contributed by atoms with E-state index in [1.54, 1.807) is 0 Å². The largest absolute Gasteiger partial charge is 0.371 e. The lowest BCUT2D eigenvalue weighted by Crippen LogP contribution is -2.40. The van der Waals surface area contributed by atoms with Crippen LogP contribution < -0.4 is 5.32 Å². The second-order valence-corrected chi connectivity index (χ2v) is 4.38. The molecule has 0 unspecified atom stereocenters. The molecule has 3 nitrogen and oxygen atoms in total. The first kappa shape index (κ1) is 12.2. The quantitative estimate of drug-likeness (QED) is 0.802. The SMILES string of the molecule is [B]C(=O)N[C@@H]1CCC[C@H]1OCc1ccccc1. The van der Waals surface area contributed by atoms with Gasteiger partial charge in [0.25, 0.3) is 0 Å². The molecule has 1 saturated carbocycles. The van der Waals surface area contributed by atoms with Crippen molar-refractivity contribution in [1.82, 2.24) is 5.32 Å². The van der Waals surface area contributed by atoms with Gasteiger partial charge >= 0.3 is 0 Å². The fraction of sp³-hybridized carbons (Fsp3) is 0.462. The van der Waals surface area contributed by atoms with E-state index < -0.39 is 5.81 Å². The second-order valence-electron chi connectivity index (χ2n) is 4.38. The first-order chi connectivity index (χ1) is 8.25. The minimum absolute atomic E-state index is 0.0659. The predicted octanol–water partition coefficient (Wildman–Crippen LogP) is 2.00. The highest BCUT2D eigenvalue weighted by atomic mass is 16.5. The Morgan fingerprint density at radius 1 is 1.35 bits per heavy atom. The lowest BCUT2D eigenvalue weighted by molar-refractivity contribution is 0.0308. The van der Waals surface area contributed by atoms with Crippen molar-refractivity contribution in [2.75, 3.05) is 0 Å². The number of amides is 1. The van der Waals surface area contributed by atoms with E-state index in [4.69, 9.17) is 12.6 Å². The summed E-state index contributed by atoms with van der Waals surface area (Å²) >= 11 is 0. The first-order valence-corrected chi connectivity index (χ1v) is 5.97. The van der Waals surface area contributed by atoms with Crippen LogP contribution in [0, 0.1) is 0 Å². The van der Waals surface area contributed by atoms with Crippen molar-refractivity contribution in [2.45, 2.75) is 38.0 Å². The molecule has 0 bridgehead atoms. The van der Waals surface area contributed by atoms with Crippen LogP contribution in [-0.2, 0) is 11.3 Å². The van der Waals surface area contributed by atoms with E-state index in [2.05, 4.69) is 5.32 Å². The van der Waals surface area contributed by atoms with Crippen molar-refractivity contribution >= 4 is 13.7 Å². The maximum Gasteiger partial charge on any atom is 0.200 e. The second kappa shape index (κ2) is 5.87. The summed E-state index contributed by atoms with van der Waals surface area (Å²) in [6.45, 7) is 0.586. The van der Waals surface area contributed by atoms with Crippen molar-refractivity contribution in [3.05, 3.63) is 35.9 Å². The van der Waals surface area contributed by atoms with Gasteiger partial charge in [-0.2, -0.15) is 0 Å². The fourth-order valence-electron chi connectivity index (χ4n) is 2.25. The summed E-state index contributed by atoms with van der Waals surface area (Å²) < 4.78 is 5.83. The number of carbonyl (C=O) groups excluding carboxylic acids is 1. The molecule has 1 N–H and O–H groups in total. The molecule has 1 amide bonds. The smallest absolute Gasteiger partial charge is 0.200 e. The van der Waals surface area contributed by atoms with Gasteiger partial charge in [-0.1, -0.05) is 30.3 Å². The molecule has 1 aliphatic carbocycles. The van der Waals surface area contributed by atoms with E-state index in [9.17, 15) is 4.79 Å². The Bertz CT molecular complexity index is 369. The molecule has 0 aliphatic heterocycles. The predicted molar refractivity (Wildman–Crippen MR) is 66.9 cm³/mol. The summed E-state index contributed by atoms with van der Waals surface area (Å²) in [6, 6.07) is 10.1. The van der Waals surface area contributed by atoms with Crippen molar-refractivity contribution < 1.29 is 9.53 Å². The lowest BCUT2D eigenvalue weighted by atomic mass is 10.1. The van der Waals surface area contributed by atoms with E-state index in [1.165, 1.54) is 0 Å². The Hall–Kier alpha value is -1.29. The molecule has 2 atom stereocenters. The normalized spacial score (nSPS) is 23.5. The van der Waals surface area contributed by atoms with Crippen molar-refractivity contribution in [1.29, 1.82) is 0 Å². The van der Waals surface area contributed by atoms with Gasteiger partial charge in [-0.25, -0.2) is 0 Å². The molecular weight excluding hydrogens is 213 g/mol. The zero-order chi connectivity index (χ0) is 12.1. The monoisotopic (exact) mass is 229 g/mol. The van der Waals surface area contributed by atoms with Crippen LogP contribution in [0.1, 0.15) is 24.8 Å². The van der Waals surface area contributed by atoms with Gasteiger partial charge < -0.3 is 10.1 Å². The van der Waals surface area contributed by atoms with Crippen LogP contribution in [0.25, 0.3) is 0 Å². The number of nitrogens with one attached hydrogen (secondary N) is 1. The summed E-state index contributed by atoms with van der Waals surface area (Å²) in [6.07, 6.45) is 3.09. The van der Waals surface area contributed by atoms with Crippen LogP contribution in [-0.4, -0.2) is 25.8 Å². The summed E-state index contributed by atoms with van der Waals surface area (Å²) in [7, 11) is 5.14. The zero-order valence-electron chi connectivity index (χ0n) is 9.76. The van der Waals surface area contributed by atoms with Crippen molar-refractivity contribution in [3.8, 4) is 0 Å². The van der Waals surface area contributed by atoms with Crippen LogP contribution in [0.4, 0.5) is 4.79 Å². The van der Waals surface area contributed by atoms with Gasteiger partial charge in [-0.15, -0.1) is 0 Å². The molecule has 0 heterocycles. The third-order valence-electron chi connectivity index (χ3n) is 3.09. The molecule has 0 aromatic heterocycles. The lowest BCUT2D eigenvalue weighted by Gasteiger charge is -2.21. The minimum Gasteiger partial charge on any atom is -0.371 e. The Morgan fingerprint density at radius 3 is 2.82 bits per heavy atom. The Balaban J connectivity index is 1.84. The number of benzene rings is 1. The highest BCUT2D eigenvalue weighted by Crippen LogP contribution is 2.23. The van der Waals surface area contributed by atoms with Crippen molar-refractivity contribution in [3.63, 3.8) is 0 Å². The molecule has 1 fully saturated rings. The minimum atomic E-state index is -0.467. The van der Waals surface area contributed by atoms with Crippen LogP contribution in [0.5, 0.6) is 0 Å². The number of hydrogen-bond donors (Lipinski definition) is 1. The molecule has 1 aliphatic rings. The maximum atomic E-state index is 10.8. The van der Waals surface area contributed by atoms with E-state index in [0.29, 0.717) is 6.61 Å². The van der Waals surface area contributed by atoms with E-state index in [0.717, 1.165) is 24.8 Å². The van der Waals surface area contributed by atoms with Crippen LogP contribution in [0.2, 0.25) is 0 Å². The standard InChI is InChI=1S/C13H16BNO2/c14-13(16)15-11-7-4-8-12(11)17-9-10-5-2-1-3-6-10/h1-3,5-6,11-12H,4,7-9H2,(H,15,16)/t11-,12-/m1/s1. The highest BCUT2D eigenvalue weighted by Gasteiger charge is 2.28. The van der Waals surface area contributed by atoms with Gasteiger partial charge in [0.1, 0.15) is 0 Å². The first-order valence-electron chi connectivity index (χ1n) is 5.97. The Kier molecular flexibility index (Phi) is 4.21. The molecule has 2 radical (unpaired) electrons. The summed E-state index contributed by atoms with van der Waals surface area (Å²) in [5.41, 5.74) is 1.15. The average molecular weight is 229 g/mol. The molecular formula is C13H16BNO2. The molecule has 0 saturated heterocycles. The van der Waals surface area contributed by atoms with E-state index in [-0.39, 0.29) is 12.1 Å². The number of carbonyl (C=O) groups is 1. The molecule has 4 heteroatoms. The molecule has 2 rings (SSSR count). The van der Waals surface area contributed by atoms with Crippen LogP contribution in [0.3, 0.4) is 0 Å². The summed E-state index contributed by atoms with van der Waals surface area (Å²) in [5.74, 6) is -0.467. The van der Waals surface area contributed by atoms with Gasteiger partial charge in [-0.3, -0.25) is 4.79 Å². The zero-order valence-corrected chi connectivity index (χ0v) is 9.76. The average Bonchev–Trinajstić information content (AvgIpc) is 2.74. The summed E-state index contributed by atoms with van der Waals surface area (Å²) in [5, 5.41) is 2.74. The Morgan fingerprint density at radius 2 is 2.12 bits per heavy atom. The van der Waals surface area contributed by atoms with Crippen molar-refractivity contribution in [2.24, 2.45) is 0 Å². The topological polar surface area (TPSA) is 38.3 Å². The van der Waals surface area contributed by atoms with Gasteiger partial charge in [0.2, 0.25) is 7.85 Å². The molecule has 1 aromatic carbocycles. The third-order valence-corrected chi connectivity index (χ3v) is 3.09. The molecule has 17 heavy (non-hydrogen) atoms. The van der Waals surface area contributed by atoms with Gasteiger partial charge in [0.05, 0.1) is 18.8 Å².